The van der Waals surface area contributed by atoms with Gasteiger partial charge in [0.1, 0.15) is 5.75 Å². The molecule has 7 heteroatoms. The van der Waals surface area contributed by atoms with Gasteiger partial charge in [-0.3, -0.25) is 4.79 Å². The molecular formula is C18H16BrN3O3. The Morgan fingerprint density at radius 2 is 1.88 bits per heavy atom. The summed E-state index contributed by atoms with van der Waals surface area (Å²) in [6, 6.07) is 16.8. The second kappa shape index (κ2) is 7.94. The van der Waals surface area contributed by atoms with Crippen molar-refractivity contribution in [1.82, 2.24) is 15.0 Å². The lowest BCUT2D eigenvalue weighted by atomic mass is 10.2. The number of benzene rings is 2. The van der Waals surface area contributed by atoms with Gasteiger partial charge in [0.15, 0.2) is 6.61 Å². The number of ether oxygens (including phenoxy) is 1. The minimum atomic E-state index is -0.178. The molecule has 25 heavy (non-hydrogen) atoms. The number of carbonyl (C=O) groups excluding carboxylic acids is 1. The molecule has 0 saturated carbocycles. The van der Waals surface area contributed by atoms with Crippen molar-refractivity contribution in [3.63, 3.8) is 0 Å². The third-order valence-electron chi connectivity index (χ3n) is 3.47. The van der Waals surface area contributed by atoms with Crippen LogP contribution in [0.1, 0.15) is 5.89 Å². The minimum absolute atomic E-state index is 0.0577. The summed E-state index contributed by atoms with van der Waals surface area (Å²) in [5.74, 6) is 1.33. The average Bonchev–Trinajstić information content (AvgIpc) is 3.10. The van der Waals surface area contributed by atoms with Gasteiger partial charge in [0.25, 0.3) is 5.91 Å². The number of aromatic nitrogens is 2. The number of amides is 1. The van der Waals surface area contributed by atoms with Gasteiger partial charge < -0.3 is 14.2 Å². The summed E-state index contributed by atoms with van der Waals surface area (Å²) in [5.41, 5.74) is 0.866. The molecule has 0 atom stereocenters. The highest BCUT2D eigenvalue weighted by molar-refractivity contribution is 9.10. The third kappa shape index (κ3) is 4.67. The zero-order valence-corrected chi connectivity index (χ0v) is 15.1. The summed E-state index contributed by atoms with van der Waals surface area (Å²) in [5, 5.41) is 3.94. The SMILES string of the molecule is CN(Cc1nc(-c2ccccc2)no1)C(=O)COc1ccc(Br)cc1. The summed E-state index contributed by atoms with van der Waals surface area (Å²) in [6.45, 7) is 0.167. The molecule has 0 fully saturated rings. The first-order chi connectivity index (χ1) is 12.1. The Balaban J connectivity index is 1.54. The van der Waals surface area contributed by atoms with E-state index in [2.05, 4.69) is 26.1 Å². The van der Waals surface area contributed by atoms with Crippen molar-refractivity contribution < 1.29 is 14.1 Å². The Hall–Kier alpha value is -2.67. The molecule has 0 aliphatic carbocycles. The van der Waals surface area contributed by atoms with Crippen LogP contribution in [-0.2, 0) is 11.3 Å². The second-order valence-electron chi connectivity index (χ2n) is 5.37. The van der Waals surface area contributed by atoms with Crippen LogP contribution < -0.4 is 4.74 Å². The standard InChI is InChI=1S/C18H16BrN3O3/c1-22(17(23)12-24-15-9-7-14(19)8-10-15)11-16-20-18(21-25-16)13-5-3-2-4-6-13/h2-10H,11-12H2,1H3. The monoisotopic (exact) mass is 401 g/mol. The van der Waals surface area contributed by atoms with Gasteiger partial charge in [-0.1, -0.05) is 51.4 Å². The maximum Gasteiger partial charge on any atom is 0.260 e. The van der Waals surface area contributed by atoms with Gasteiger partial charge >= 0.3 is 0 Å². The normalized spacial score (nSPS) is 10.5. The third-order valence-corrected chi connectivity index (χ3v) is 4.00. The van der Waals surface area contributed by atoms with Crippen LogP contribution in [0.25, 0.3) is 11.4 Å². The Morgan fingerprint density at radius 1 is 1.16 bits per heavy atom. The predicted octanol–water partition coefficient (Wildman–Crippen LogP) is 3.54. The minimum Gasteiger partial charge on any atom is -0.484 e. The van der Waals surface area contributed by atoms with Gasteiger partial charge in [-0.05, 0) is 24.3 Å². The quantitative estimate of drug-likeness (QED) is 0.631. The summed E-state index contributed by atoms with van der Waals surface area (Å²) >= 11 is 3.35. The molecule has 3 rings (SSSR count). The predicted molar refractivity (Wildman–Crippen MR) is 95.8 cm³/mol. The fourth-order valence-electron chi connectivity index (χ4n) is 2.10. The highest BCUT2D eigenvalue weighted by Gasteiger charge is 2.15. The van der Waals surface area contributed by atoms with E-state index < -0.39 is 0 Å². The van der Waals surface area contributed by atoms with E-state index in [1.807, 2.05) is 42.5 Å². The van der Waals surface area contributed by atoms with E-state index in [1.54, 1.807) is 19.2 Å². The van der Waals surface area contributed by atoms with Crippen molar-refractivity contribution in [3.05, 3.63) is 65.0 Å². The van der Waals surface area contributed by atoms with Crippen LogP contribution in [0.15, 0.2) is 63.6 Å². The highest BCUT2D eigenvalue weighted by Crippen LogP contribution is 2.17. The van der Waals surface area contributed by atoms with Gasteiger partial charge in [0.2, 0.25) is 11.7 Å². The number of nitrogens with zero attached hydrogens (tertiary/aromatic N) is 3. The van der Waals surface area contributed by atoms with Crippen molar-refractivity contribution in [3.8, 4) is 17.1 Å². The number of halogens is 1. The lowest BCUT2D eigenvalue weighted by Crippen LogP contribution is -2.31. The van der Waals surface area contributed by atoms with Gasteiger partial charge in [-0.2, -0.15) is 4.98 Å². The molecule has 0 spiro atoms. The van der Waals surface area contributed by atoms with E-state index in [9.17, 15) is 4.79 Å². The lowest BCUT2D eigenvalue weighted by Gasteiger charge is -2.15. The zero-order chi connectivity index (χ0) is 17.6. The fourth-order valence-corrected chi connectivity index (χ4v) is 2.37. The van der Waals surface area contributed by atoms with Crippen LogP contribution in [-0.4, -0.2) is 34.6 Å². The first kappa shape index (κ1) is 17.2. The molecule has 2 aromatic carbocycles. The van der Waals surface area contributed by atoms with Crippen molar-refractivity contribution in [2.75, 3.05) is 13.7 Å². The Labute approximate surface area is 153 Å². The van der Waals surface area contributed by atoms with E-state index in [1.165, 1.54) is 4.90 Å². The summed E-state index contributed by atoms with van der Waals surface area (Å²) in [6.07, 6.45) is 0. The number of rotatable bonds is 6. The second-order valence-corrected chi connectivity index (χ2v) is 6.29. The maximum atomic E-state index is 12.2. The highest BCUT2D eigenvalue weighted by atomic mass is 79.9. The number of hydrogen-bond donors (Lipinski definition) is 0. The van der Waals surface area contributed by atoms with Gasteiger partial charge in [0.05, 0.1) is 6.54 Å². The van der Waals surface area contributed by atoms with Crippen LogP contribution in [0, 0.1) is 0 Å². The van der Waals surface area contributed by atoms with Gasteiger partial charge in [-0.25, -0.2) is 0 Å². The summed E-state index contributed by atoms with van der Waals surface area (Å²) in [7, 11) is 1.67. The molecule has 0 aliphatic heterocycles. The van der Waals surface area contributed by atoms with Crippen LogP contribution in [0.5, 0.6) is 5.75 Å². The lowest BCUT2D eigenvalue weighted by molar-refractivity contribution is -0.132. The number of hydrogen-bond acceptors (Lipinski definition) is 5. The van der Waals surface area contributed by atoms with Crippen molar-refractivity contribution >= 4 is 21.8 Å². The first-order valence-corrected chi connectivity index (χ1v) is 8.41. The fraction of sp³-hybridized carbons (Fsp3) is 0.167. The molecule has 6 nitrogen and oxygen atoms in total. The van der Waals surface area contributed by atoms with Crippen LogP contribution >= 0.6 is 15.9 Å². The largest absolute Gasteiger partial charge is 0.484 e. The van der Waals surface area contributed by atoms with E-state index in [-0.39, 0.29) is 19.1 Å². The molecule has 1 heterocycles. The molecule has 1 aromatic heterocycles. The molecule has 128 valence electrons. The zero-order valence-electron chi connectivity index (χ0n) is 13.6. The molecule has 0 saturated heterocycles. The Kier molecular flexibility index (Phi) is 5.45. The van der Waals surface area contributed by atoms with Crippen molar-refractivity contribution in [2.24, 2.45) is 0 Å². The van der Waals surface area contributed by atoms with E-state index in [0.717, 1.165) is 10.0 Å². The molecule has 3 aromatic rings. The van der Waals surface area contributed by atoms with E-state index in [4.69, 9.17) is 9.26 Å². The van der Waals surface area contributed by atoms with Crippen LogP contribution in [0.3, 0.4) is 0 Å². The Bertz CT molecular complexity index is 834. The Morgan fingerprint density at radius 3 is 2.60 bits per heavy atom. The van der Waals surface area contributed by atoms with E-state index >= 15 is 0 Å². The van der Waals surface area contributed by atoms with Crippen LogP contribution in [0.4, 0.5) is 0 Å². The summed E-state index contributed by atoms with van der Waals surface area (Å²) in [4.78, 5) is 18.0. The molecule has 0 N–H and O–H groups in total. The topological polar surface area (TPSA) is 68.5 Å². The van der Waals surface area contributed by atoms with E-state index in [0.29, 0.717) is 17.5 Å². The molecule has 1 amide bonds. The number of carbonyl (C=O) groups is 1. The first-order valence-electron chi connectivity index (χ1n) is 7.62. The van der Waals surface area contributed by atoms with Crippen molar-refractivity contribution in [2.45, 2.75) is 6.54 Å². The van der Waals surface area contributed by atoms with Gasteiger partial charge in [0, 0.05) is 17.1 Å². The average molecular weight is 402 g/mol. The number of likely N-dealkylation sites (N-methyl/N-ethyl adjacent to an activating group) is 1. The molecule has 0 aliphatic rings. The molecule has 0 unspecified atom stereocenters. The smallest absolute Gasteiger partial charge is 0.260 e. The van der Waals surface area contributed by atoms with Crippen LogP contribution in [0.2, 0.25) is 0 Å². The van der Waals surface area contributed by atoms with Crippen molar-refractivity contribution in [1.29, 1.82) is 0 Å². The molecule has 0 radical (unpaired) electrons. The molecule has 0 bridgehead atoms. The van der Waals surface area contributed by atoms with Gasteiger partial charge in [-0.15, -0.1) is 0 Å². The summed E-state index contributed by atoms with van der Waals surface area (Å²) < 4.78 is 11.6. The maximum absolute atomic E-state index is 12.2. The molecular weight excluding hydrogens is 386 g/mol.